The molecule has 2 heterocycles. The number of hydrogen-bond donors (Lipinski definition) is 3. The number of aliphatic carboxylic acids is 1. The minimum atomic E-state index is -1.18. The first-order valence-corrected chi connectivity index (χ1v) is 11.4. The van der Waals surface area contributed by atoms with Crippen LogP contribution in [0.15, 0.2) is 48.5 Å². The van der Waals surface area contributed by atoms with Crippen molar-refractivity contribution in [2.75, 3.05) is 19.8 Å². The van der Waals surface area contributed by atoms with E-state index in [0.717, 1.165) is 27.2 Å². The predicted molar refractivity (Wildman–Crippen MR) is 120 cm³/mol. The Morgan fingerprint density at radius 3 is 2.35 bits per heavy atom. The number of aliphatic hydroxyl groups excluding tert-OH is 1. The van der Waals surface area contributed by atoms with Crippen LogP contribution in [0.3, 0.4) is 0 Å². The van der Waals surface area contributed by atoms with Crippen LogP contribution in [0.5, 0.6) is 0 Å². The average Bonchev–Trinajstić information content (AvgIpc) is 3.53. The normalized spacial score (nSPS) is 25.6. The van der Waals surface area contributed by atoms with Crippen molar-refractivity contribution in [3.63, 3.8) is 0 Å². The largest absolute Gasteiger partial charge is 0.480 e. The fourth-order valence-electron chi connectivity index (χ4n) is 5.23. The summed E-state index contributed by atoms with van der Waals surface area (Å²) < 4.78 is 11.1. The van der Waals surface area contributed by atoms with Gasteiger partial charge in [0.2, 0.25) is 0 Å². The molecule has 0 radical (unpaired) electrons. The Labute approximate surface area is 196 Å². The van der Waals surface area contributed by atoms with Crippen molar-refractivity contribution < 1.29 is 34.1 Å². The van der Waals surface area contributed by atoms with Crippen molar-refractivity contribution in [2.24, 2.45) is 0 Å². The number of carboxylic acids is 1. The Balaban J connectivity index is 1.23. The van der Waals surface area contributed by atoms with Crippen molar-refractivity contribution in [1.82, 2.24) is 10.2 Å². The fourth-order valence-corrected chi connectivity index (χ4v) is 5.23. The van der Waals surface area contributed by atoms with E-state index < -0.39 is 42.3 Å². The number of hydrogen-bond acceptors (Lipinski definition) is 6. The molecule has 3 N–H and O–H groups in total. The molecular weight excluding hydrogens is 440 g/mol. The van der Waals surface area contributed by atoms with Gasteiger partial charge in [0.05, 0.1) is 12.1 Å². The van der Waals surface area contributed by atoms with Crippen LogP contribution >= 0.6 is 0 Å². The van der Waals surface area contributed by atoms with Crippen LogP contribution in [-0.4, -0.2) is 77.1 Å². The second kappa shape index (κ2) is 9.08. The highest BCUT2D eigenvalue weighted by molar-refractivity contribution is 5.88. The standard InChI is InChI=1S/C25H26N2O7/c28-14-11-21(24(30)31)27(12-14)23(29)22-20(9-10-33-22)26-25(32)34-13-19-17-7-3-1-5-15(17)16-6-2-4-8-18(16)19/h1-8,14,19-22,28H,9-13H2,(H,26,32)(H,30,31)/t14?,20?,21-,22?/m0/s1. The van der Waals surface area contributed by atoms with Crippen molar-refractivity contribution in [1.29, 1.82) is 0 Å². The van der Waals surface area contributed by atoms with E-state index in [-0.39, 0.29) is 32.1 Å². The number of amides is 2. The molecule has 2 saturated heterocycles. The number of rotatable bonds is 5. The Hall–Kier alpha value is -3.43. The van der Waals surface area contributed by atoms with E-state index in [1.807, 2.05) is 36.4 Å². The number of carbonyl (C=O) groups excluding carboxylic acids is 2. The van der Waals surface area contributed by atoms with Gasteiger partial charge in [-0.05, 0) is 28.7 Å². The van der Waals surface area contributed by atoms with Gasteiger partial charge in [0, 0.05) is 25.5 Å². The lowest BCUT2D eigenvalue weighted by atomic mass is 9.98. The Morgan fingerprint density at radius 1 is 1.06 bits per heavy atom. The van der Waals surface area contributed by atoms with E-state index in [9.17, 15) is 24.6 Å². The molecule has 0 bridgehead atoms. The molecule has 5 rings (SSSR count). The lowest BCUT2D eigenvalue weighted by Gasteiger charge is -2.27. The fraction of sp³-hybridized carbons (Fsp3) is 0.400. The highest BCUT2D eigenvalue weighted by Crippen LogP contribution is 2.44. The zero-order valence-electron chi connectivity index (χ0n) is 18.4. The number of alkyl carbamates (subject to hydrolysis) is 1. The molecule has 2 aromatic rings. The number of nitrogens with zero attached hydrogens (tertiary/aromatic N) is 1. The molecular formula is C25H26N2O7. The number of likely N-dealkylation sites (tertiary alicyclic amines) is 1. The van der Waals surface area contributed by atoms with Crippen LogP contribution in [-0.2, 0) is 19.1 Å². The molecule has 9 nitrogen and oxygen atoms in total. The minimum absolute atomic E-state index is 0.0295. The van der Waals surface area contributed by atoms with Crippen LogP contribution in [0.25, 0.3) is 11.1 Å². The number of carbonyl (C=O) groups is 3. The third kappa shape index (κ3) is 4.01. The molecule has 2 fully saturated rings. The summed E-state index contributed by atoms with van der Waals surface area (Å²) in [5.74, 6) is -1.81. The first-order chi connectivity index (χ1) is 16.4. The maximum absolute atomic E-state index is 13.0. The second-order valence-corrected chi connectivity index (χ2v) is 8.89. The number of β-amino-alcohol motifs (C(OH)–C–C–N with tert-alkyl or cyclic N) is 1. The average molecular weight is 466 g/mol. The maximum Gasteiger partial charge on any atom is 0.407 e. The van der Waals surface area contributed by atoms with Gasteiger partial charge in [-0.1, -0.05) is 48.5 Å². The van der Waals surface area contributed by atoms with Crippen LogP contribution in [0.1, 0.15) is 29.9 Å². The molecule has 178 valence electrons. The molecule has 1 aliphatic carbocycles. The molecule has 3 aliphatic rings. The lowest BCUT2D eigenvalue weighted by molar-refractivity contribution is -0.152. The van der Waals surface area contributed by atoms with E-state index in [1.54, 1.807) is 0 Å². The number of ether oxygens (including phenoxy) is 2. The summed E-state index contributed by atoms with van der Waals surface area (Å²) in [7, 11) is 0. The van der Waals surface area contributed by atoms with Crippen LogP contribution < -0.4 is 5.32 Å². The van der Waals surface area contributed by atoms with Gasteiger partial charge in [0.25, 0.3) is 5.91 Å². The summed E-state index contributed by atoms with van der Waals surface area (Å²) in [4.78, 5) is 38.2. The molecule has 2 amide bonds. The topological polar surface area (TPSA) is 125 Å². The molecule has 0 spiro atoms. The van der Waals surface area contributed by atoms with Crippen molar-refractivity contribution in [2.45, 2.75) is 43.1 Å². The monoisotopic (exact) mass is 466 g/mol. The third-order valence-electron chi connectivity index (χ3n) is 6.83. The van der Waals surface area contributed by atoms with Crippen molar-refractivity contribution in [3.8, 4) is 11.1 Å². The second-order valence-electron chi connectivity index (χ2n) is 8.89. The number of benzene rings is 2. The zero-order chi connectivity index (χ0) is 23.8. The van der Waals surface area contributed by atoms with E-state index in [0.29, 0.717) is 6.42 Å². The molecule has 9 heteroatoms. The van der Waals surface area contributed by atoms with Gasteiger partial charge < -0.3 is 29.9 Å². The predicted octanol–water partition coefficient (Wildman–Crippen LogP) is 1.73. The summed E-state index contributed by atoms with van der Waals surface area (Å²) in [5, 5.41) is 21.9. The number of fused-ring (bicyclic) bond motifs is 3. The van der Waals surface area contributed by atoms with Crippen molar-refractivity contribution >= 4 is 18.0 Å². The SMILES string of the molecule is O=C(NC1CCOC1C(=O)N1CC(O)C[C@H]1C(=O)O)OCC1c2ccccc2-c2ccccc21. The number of carboxylic acid groups (broad SMARTS) is 1. The molecule has 34 heavy (non-hydrogen) atoms. The van der Waals surface area contributed by atoms with E-state index in [4.69, 9.17) is 9.47 Å². The van der Waals surface area contributed by atoms with Crippen LogP contribution in [0, 0.1) is 0 Å². The summed E-state index contributed by atoms with van der Waals surface area (Å²) >= 11 is 0. The van der Waals surface area contributed by atoms with Gasteiger partial charge in [-0.3, -0.25) is 4.79 Å². The third-order valence-corrected chi connectivity index (χ3v) is 6.83. The summed E-state index contributed by atoms with van der Waals surface area (Å²) in [6.45, 7) is 0.317. The van der Waals surface area contributed by atoms with Crippen LogP contribution in [0.4, 0.5) is 4.79 Å². The Kier molecular flexibility index (Phi) is 5.97. The highest BCUT2D eigenvalue weighted by atomic mass is 16.6. The van der Waals surface area contributed by atoms with Gasteiger partial charge in [-0.15, -0.1) is 0 Å². The number of aliphatic hydroxyl groups is 1. The van der Waals surface area contributed by atoms with E-state index >= 15 is 0 Å². The van der Waals surface area contributed by atoms with E-state index in [2.05, 4.69) is 17.4 Å². The van der Waals surface area contributed by atoms with Gasteiger partial charge in [-0.2, -0.15) is 0 Å². The lowest BCUT2D eigenvalue weighted by Crippen LogP contribution is -2.52. The first-order valence-electron chi connectivity index (χ1n) is 11.4. The smallest absolute Gasteiger partial charge is 0.407 e. The van der Waals surface area contributed by atoms with Gasteiger partial charge in [-0.25, -0.2) is 9.59 Å². The van der Waals surface area contributed by atoms with Gasteiger partial charge in [0.1, 0.15) is 12.6 Å². The van der Waals surface area contributed by atoms with Gasteiger partial charge in [0.15, 0.2) is 6.10 Å². The van der Waals surface area contributed by atoms with E-state index in [1.165, 1.54) is 0 Å². The molecule has 3 unspecified atom stereocenters. The number of nitrogens with one attached hydrogen (secondary N) is 1. The molecule has 2 aliphatic heterocycles. The molecule has 4 atom stereocenters. The van der Waals surface area contributed by atoms with Crippen molar-refractivity contribution in [3.05, 3.63) is 59.7 Å². The molecule has 0 aromatic heterocycles. The summed E-state index contributed by atoms with van der Waals surface area (Å²) in [6.07, 6.45) is -2.22. The van der Waals surface area contributed by atoms with Crippen LogP contribution in [0.2, 0.25) is 0 Å². The first kappa shape index (κ1) is 22.4. The maximum atomic E-state index is 13.0. The summed E-state index contributed by atoms with van der Waals surface area (Å²) in [5.41, 5.74) is 4.45. The zero-order valence-corrected chi connectivity index (χ0v) is 18.4. The molecule has 0 saturated carbocycles. The van der Waals surface area contributed by atoms with Gasteiger partial charge >= 0.3 is 12.1 Å². The Morgan fingerprint density at radius 2 is 1.71 bits per heavy atom. The molecule has 2 aromatic carbocycles. The summed E-state index contributed by atoms with van der Waals surface area (Å²) in [6, 6.07) is 14.3. The highest BCUT2D eigenvalue weighted by Gasteiger charge is 2.45. The quantitative estimate of drug-likeness (QED) is 0.613. The Bertz CT molecular complexity index is 1070. The minimum Gasteiger partial charge on any atom is -0.480 e.